The minimum Gasteiger partial charge on any atom is -0.505 e. The molecule has 0 radical (unpaired) electrons. The molecule has 0 atom stereocenters. The highest BCUT2D eigenvalue weighted by Crippen LogP contribution is 2.61. The largest absolute Gasteiger partial charge is 0.505 e. The number of phenolic OH excluding ortho intramolecular Hbond substituents is 13. The Morgan fingerprint density at radius 2 is 0.833 bits per heavy atom. The Bertz CT molecular complexity index is 3200. The van der Waals surface area contributed by atoms with E-state index in [-0.39, 0.29) is 11.3 Å². The van der Waals surface area contributed by atoms with Gasteiger partial charge < -0.3 is 75.5 Å². The maximum atomic E-state index is 11.5. The molecule has 60 heavy (non-hydrogen) atoms. The first-order valence-corrected chi connectivity index (χ1v) is 18.7. The molecule has 2 aromatic heterocycles. The third-order valence-electron chi connectivity index (χ3n) is 10.9. The van der Waals surface area contributed by atoms with Crippen LogP contribution in [0.15, 0.2) is 60.7 Å². The summed E-state index contributed by atoms with van der Waals surface area (Å²) < 4.78 is 3.02. The summed E-state index contributed by atoms with van der Waals surface area (Å²) in [6.07, 6.45) is 5.01. The summed E-state index contributed by atoms with van der Waals surface area (Å²) in [6, 6.07) is 18.2. The van der Waals surface area contributed by atoms with Crippen LogP contribution in [0.4, 0.5) is 0 Å². The fourth-order valence-corrected chi connectivity index (χ4v) is 8.08. The Hall–Kier alpha value is -8.20. The van der Waals surface area contributed by atoms with Crippen LogP contribution in [0.5, 0.6) is 74.7 Å². The van der Waals surface area contributed by atoms with Gasteiger partial charge in [0.05, 0.1) is 33.0 Å². The SMILES string of the molecule is CC.Cc1c(O)c(O)c(O)c(-n2c3ccccc3c3cc(-c4ccc5c(c4)c4c(n5-c5c(O)c(O)c(-c6c(O)c(O)c(O)c(O)c6O)c(O)c5O)=CCCC=4)ccc32)c1O. The van der Waals surface area contributed by atoms with Gasteiger partial charge in [-0.15, -0.1) is 0 Å². The summed E-state index contributed by atoms with van der Waals surface area (Å²) in [7, 11) is 0. The molecule has 1 aliphatic rings. The summed E-state index contributed by atoms with van der Waals surface area (Å²) in [6.45, 7) is 5.41. The average Bonchev–Trinajstić information content (AvgIpc) is 3.77. The van der Waals surface area contributed by atoms with Crippen molar-refractivity contribution in [1.82, 2.24) is 9.13 Å². The molecule has 15 heteroatoms. The standard InChI is InChI=1S/C43H32N2O13.C2H6/c1-16-31(46)29(39(54)40(55)32(16)47)44-23-8-4-2-6-19(23)21-14-17(10-12-25(21)44)18-11-13-26-22(15-18)20-7-3-5-9-24(20)45(26)30-37(52)33(48)27(34(49)38(30)53)28-35(50)41(56)43(58)42(57)36(28)51;1-2/h2,4,6-15,46-58H,3,5H2,1H3;1-2H3. The molecular formula is C45H38N2O13. The molecule has 306 valence electrons. The van der Waals surface area contributed by atoms with Gasteiger partial charge in [0.2, 0.25) is 23.0 Å². The van der Waals surface area contributed by atoms with Gasteiger partial charge in [-0.05, 0) is 61.2 Å². The van der Waals surface area contributed by atoms with E-state index < -0.39 is 91.6 Å². The van der Waals surface area contributed by atoms with Crippen molar-refractivity contribution in [3.8, 4) is 108 Å². The van der Waals surface area contributed by atoms with Crippen LogP contribution in [0.1, 0.15) is 32.3 Å². The number of hydrogen-bond acceptors (Lipinski definition) is 13. The van der Waals surface area contributed by atoms with Crippen LogP contribution in [0, 0.1) is 6.92 Å². The minimum absolute atomic E-state index is 0.0232. The van der Waals surface area contributed by atoms with Gasteiger partial charge in [-0.2, -0.15) is 0 Å². The second-order valence-electron chi connectivity index (χ2n) is 14.0. The van der Waals surface area contributed by atoms with Crippen molar-refractivity contribution in [2.45, 2.75) is 33.6 Å². The fraction of sp³-hybridized carbons (Fsp3) is 0.111. The molecule has 8 aromatic rings. The van der Waals surface area contributed by atoms with Crippen LogP contribution in [-0.2, 0) is 0 Å². The number of hydrogen-bond donors (Lipinski definition) is 13. The lowest BCUT2D eigenvalue weighted by molar-refractivity contribution is 0.329. The normalized spacial score (nSPS) is 12.2. The maximum Gasteiger partial charge on any atom is 0.208 e. The fourth-order valence-electron chi connectivity index (χ4n) is 8.08. The molecule has 9 rings (SSSR count). The molecule has 0 aliphatic heterocycles. The predicted molar refractivity (Wildman–Crippen MR) is 224 cm³/mol. The summed E-state index contributed by atoms with van der Waals surface area (Å²) in [4.78, 5) is 0. The molecule has 0 spiro atoms. The lowest BCUT2D eigenvalue weighted by Gasteiger charge is -2.19. The van der Waals surface area contributed by atoms with E-state index in [2.05, 4.69) is 0 Å². The van der Waals surface area contributed by atoms with Crippen molar-refractivity contribution in [1.29, 1.82) is 0 Å². The van der Waals surface area contributed by atoms with Gasteiger partial charge in [0.1, 0.15) is 17.1 Å². The smallest absolute Gasteiger partial charge is 0.208 e. The Morgan fingerprint density at radius 1 is 0.400 bits per heavy atom. The van der Waals surface area contributed by atoms with E-state index >= 15 is 0 Å². The molecule has 0 bridgehead atoms. The van der Waals surface area contributed by atoms with E-state index in [0.717, 1.165) is 21.9 Å². The first kappa shape index (κ1) is 38.7. The van der Waals surface area contributed by atoms with Crippen molar-refractivity contribution in [3.63, 3.8) is 0 Å². The number of fused-ring (bicyclic) bond motifs is 6. The number of phenols is 13. The Balaban J connectivity index is 0.00000246. The molecule has 1 aliphatic carbocycles. The molecular weight excluding hydrogens is 776 g/mol. The number of nitrogens with zero attached hydrogens (tertiary/aromatic N) is 2. The predicted octanol–water partition coefficient (Wildman–Crippen LogP) is 6.92. The van der Waals surface area contributed by atoms with Gasteiger partial charge in [0.25, 0.3) is 0 Å². The molecule has 2 heterocycles. The van der Waals surface area contributed by atoms with Crippen LogP contribution in [0.25, 0.3) is 78.5 Å². The first-order valence-electron chi connectivity index (χ1n) is 18.7. The molecule has 0 amide bonds. The van der Waals surface area contributed by atoms with Crippen molar-refractivity contribution in [2.75, 3.05) is 0 Å². The quantitative estimate of drug-likeness (QED) is 0.0636. The molecule has 15 nitrogen and oxygen atoms in total. The van der Waals surface area contributed by atoms with Crippen LogP contribution in [-0.4, -0.2) is 75.5 Å². The minimum atomic E-state index is -1.31. The first-order chi connectivity index (χ1) is 28.6. The molecule has 0 saturated heterocycles. The van der Waals surface area contributed by atoms with Gasteiger partial charge in [0.15, 0.2) is 46.0 Å². The Kier molecular flexibility index (Phi) is 8.85. The van der Waals surface area contributed by atoms with E-state index in [1.807, 2.05) is 56.3 Å². The highest BCUT2D eigenvalue weighted by molar-refractivity contribution is 6.11. The maximum absolute atomic E-state index is 11.5. The zero-order valence-electron chi connectivity index (χ0n) is 32.1. The lowest BCUT2D eigenvalue weighted by atomic mass is 9.97. The summed E-state index contributed by atoms with van der Waals surface area (Å²) in [5.74, 6) is -13.3. The van der Waals surface area contributed by atoms with Gasteiger partial charge in [-0.3, -0.25) is 0 Å². The van der Waals surface area contributed by atoms with Crippen LogP contribution >= 0.6 is 0 Å². The zero-order chi connectivity index (χ0) is 43.2. The molecule has 0 saturated carbocycles. The van der Waals surface area contributed by atoms with Crippen molar-refractivity contribution in [3.05, 3.63) is 76.8 Å². The third kappa shape index (κ3) is 5.15. The van der Waals surface area contributed by atoms with E-state index in [1.54, 1.807) is 34.9 Å². The molecule has 0 fully saturated rings. The van der Waals surface area contributed by atoms with Crippen molar-refractivity contribution in [2.24, 2.45) is 0 Å². The summed E-state index contributed by atoms with van der Waals surface area (Å²) in [5.41, 5.74) is 0.532. The van der Waals surface area contributed by atoms with Gasteiger partial charge in [-0.25, -0.2) is 0 Å². The second-order valence-corrected chi connectivity index (χ2v) is 14.0. The van der Waals surface area contributed by atoms with Crippen LogP contribution < -0.4 is 10.6 Å². The summed E-state index contributed by atoms with van der Waals surface area (Å²) >= 11 is 0. The van der Waals surface area contributed by atoms with Crippen LogP contribution in [0.2, 0.25) is 0 Å². The number of aromatic nitrogens is 2. The third-order valence-corrected chi connectivity index (χ3v) is 10.9. The molecule has 6 aromatic carbocycles. The number of aromatic hydroxyl groups is 13. The number of para-hydroxylation sites is 1. The number of rotatable bonds is 4. The highest BCUT2D eigenvalue weighted by Gasteiger charge is 2.34. The summed E-state index contributed by atoms with van der Waals surface area (Å²) in [5, 5.41) is 143. The highest BCUT2D eigenvalue weighted by atomic mass is 16.4. The van der Waals surface area contributed by atoms with Gasteiger partial charge in [0, 0.05) is 26.9 Å². The zero-order valence-corrected chi connectivity index (χ0v) is 32.1. The monoisotopic (exact) mass is 814 g/mol. The lowest BCUT2D eigenvalue weighted by Crippen LogP contribution is -2.30. The van der Waals surface area contributed by atoms with E-state index in [0.29, 0.717) is 45.3 Å². The number of benzene rings is 6. The molecule has 13 N–H and O–H groups in total. The van der Waals surface area contributed by atoms with Crippen molar-refractivity contribution < 1.29 is 66.4 Å². The second kappa shape index (κ2) is 13.7. The van der Waals surface area contributed by atoms with Crippen molar-refractivity contribution >= 4 is 44.9 Å². The van der Waals surface area contributed by atoms with E-state index in [4.69, 9.17) is 0 Å². The van der Waals surface area contributed by atoms with E-state index in [9.17, 15) is 66.4 Å². The molecule has 0 unspecified atom stereocenters. The van der Waals surface area contributed by atoms with Gasteiger partial charge in [-0.1, -0.05) is 56.3 Å². The Labute approximate surface area is 338 Å². The topological polar surface area (TPSA) is 273 Å². The van der Waals surface area contributed by atoms with Gasteiger partial charge >= 0.3 is 0 Å². The Morgan fingerprint density at radius 3 is 1.43 bits per heavy atom. The van der Waals surface area contributed by atoms with Crippen LogP contribution in [0.3, 0.4) is 0 Å². The van der Waals surface area contributed by atoms with E-state index in [1.165, 1.54) is 11.5 Å². The average molecular weight is 815 g/mol.